The molecule has 0 aromatic heterocycles. The number of aliphatic hydroxyl groups is 1. The second-order valence-electron chi connectivity index (χ2n) is 6.73. The van der Waals surface area contributed by atoms with E-state index in [9.17, 15) is 9.90 Å². The lowest BCUT2D eigenvalue weighted by Gasteiger charge is -2.46. The number of amides is 1. The zero-order valence-electron chi connectivity index (χ0n) is 11.6. The fraction of sp³-hybridized carbons (Fsp3) is 0.929. The molecule has 4 nitrogen and oxygen atoms in total. The van der Waals surface area contributed by atoms with E-state index in [1.54, 1.807) is 0 Å². The molecule has 0 spiro atoms. The lowest BCUT2D eigenvalue weighted by atomic mass is 9.61. The zero-order valence-corrected chi connectivity index (χ0v) is 11.6. The van der Waals surface area contributed by atoms with Crippen LogP contribution in [0.3, 0.4) is 0 Å². The van der Waals surface area contributed by atoms with E-state index in [-0.39, 0.29) is 35.4 Å². The van der Waals surface area contributed by atoms with Gasteiger partial charge in [-0.25, -0.2) is 0 Å². The van der Waals surface area contributed by atoms with Crippen molar-refractivity contribution >= 4 is 5.91 Å². The van der Waals surface area contributed by atoms with Crippen LogP contribution in [0.25, 0.3) is 0 Å². The molecule has 0 bridgehead atoms. The summed E-state index contributed by atoms with van der Waals surface area (Å²) in [6, 6.07) is 0.379. The van der Waals surface area contributed by atoms with E-state index in [4.69, 9.17) is 5.73 Å². The Morgan fingerprint density at radius 3 is 2.50 bits per heavy atom. The molecule has 0 aliphatic heterocycles. The highest BCUT2D eigenvalue weighted by atomic mass is 16.3. The maximum Gasteiger partial charge on any atom is 0.223 e. The van der Waals surface area contributed by atoms with Crippen LogP contribution >= 0.6 is 0 Å². The molecule has 2 saturated carbocycles. The van der Waals surface area contributed by atoms with Crippen LogP contribution in [-0.2, 0) is 4.79 Å². The molecule has 1 amide bonds. The molecule has 2 aliphatic carbocycles. The fourth-order valence-corrected chi connectivity index (χ4v) is 3.33. The van der Waals surface area contributed by atoms with Gasteiger partial charge in [0.2, 0.25) is 5.91 Å². The maximum absolute atomic E-state index is 12.3. The van der Waals surface area contributed by atoms with Gasteiger partial charge in [-0.05, 0) is 37.0 Å². The number of nitrogens with two attached hydrogens (primary N) is 1. The molecule has 104 valence electrons. The lowest BCUT2D eigenvalue weighted by molar-refractivity contribution is -0.134. The summed E-state index contributed by atoms with van der Waals surface area (Å²) in [5, 5.41) is 12.3. The third-order valence-corrected chi connectivity index (χ3v) is 5.28. The Balaban J connectivity index is 1.97. The van der Waals surface area contributed by atoms with Crippen LogP contribution in [0.4, 0.5) is 0 Å². The first kappa shape index (κ1) is 13.8. The number of nitrogens with one attached hydrogen (secondary N) is 1. The van der Waals surface area contributed by atoms with Gasteiger partial charge in [0, 0.05) is 18.0 Å². The molecule has 0 saturated heterocycles. The quantitative estimate of drug-likeness (QED) is 0.689. The van der Waals surface area contributed by atoms with E-state index in [1.165, 1.54) is 0 Å². The van der Waals surface area contributed by atoms with Crippen molar-refractivity contribution in [2.45, 2.75) is 64.6 Å². The van der Waals surface area contributed by atoms with Gasteiger partial charge in [0.1, 0.15) is 0 Å². The number of hydrogen-bond acceptors (Lipinski definition) is 3. The second-order valence-corrected chi connectivity index (χ2v) is 6.73. The van der Waals surface area contributed by atoms with Crippen molar-refractivity contribution < 1.29 is 9.90 Å². The Bertz CT molecular complexity index is 324. The monoisotopic (exact) mass is 254 g/mol. The summed E-state index contributed by atoms with van der Waals surface area (Å²) in [6.07, 6.45) is 2.99. The van der Waals surface area contributed by atoms with E-state index >= 15 is 0 Å². The predicted molar refractivity (Wildman–Crippen MR) is 70.8 cm³/mol. The van der Waals surface area contributed by atoms with Gasteiger partial charge in [0.15, 0.2) is 0 Å². The van der Waals surface area contributed by atoms with Crippen LogP contribution < -0.4 is 11.1 Å². The van der Waals surface area contributed by atoms with Crippen LogP contribution in [0, 0.1) is 17.3 Å². The van der Waals surface area contributed by atoms with Crippen LogP contribution in [-0.4, -0.2) is 29.2 Å². The molecular formula is C14H26N2O2. The topological polar surface area (TPSA) is 75.4 Å². The Morgan fingerprint density at radius 1 is 1.33 bits per heavy atom. The summed E-state index contributed by atoms with van der Waals surface area (Å²) in [5.74, 6) is 0.551. The third kappa shape index (κ3) is 2.41. The molecule has 3 unspecified atom stereocenters. The van der Waals surface area contributed by atoms with Gasteiger partial charge >= 0.3 is 0 Å². The molecule has 18 heavy (non-hydrogen) atoms. The molecular weight excluding hydrogens is 228 g/mol. The minimum absolute atomic E-state index is 0.0463. The van der Waals surface area contributed by atoms with Crippen molar-refractivity contribution in [3.8, 4) is 0 Å². The number of rotatable bonds is 2. The van der Waals surface area contributed by atoms with E-state index in [0.29, 0.717) is 18.8 Å². The van der Waals surface area contributed by atoms with Crippen molar-refractivity contribution in [3.05, 3.63) is 0 Å². The summed E-state index contributed by atoms with van der Waals surface area (Å²) >= 11 is 0. The summed E-state index contributed by atoms with van der Waals surface area (Å²) in [6.45, 7) is 6.45. The van der Waals surface area contributed by atoms with Crippen LogP contribution in [0.5, 0.6) is 0 Å². The largest absolute Gasteiger partial charge is 0.393 e. The summed E-state index contributed by atoms with van der Waals surface area (Å²) in [5.41, 5.74) is 6.06. The number of aliphatic hydroxyl groups excluding tert-OH is 1. The molecule has 2 fully saturated rings. The minimum Gasteiger partial charge on any atom is -0.393 e. The molecule has 0 heterocycles. The third-order valence-electron chi connectivity index (χ3n) is 5.28. The number of hydrogen-bond donors (Lipinski definition) is 3. The first-order valence-corrected chi connectivity index (χ1v) is 7.06. The highest BCUT2D eigenvalue weighted by Gasteiger charge is 2.45. The predicted octanol–water partition coefficient (Wildman–Crippen LogP) is 1.03. The molecule has 0 aromatic carbocycles. The highest BCUT2D eigenvalue weighted by Crippen LogP contribution is 2.44. The van der Waals surface area contributed by atoms with Gasteiger partial charge in [-0.1, -0.05) is 20.8 Å². The van der Waals surface area contributed by atoms with Gasteiger partial charge < -0.3 is 16.2 Å². The van der Waals surface area contributed by atoms with Crippen molar-refractivity contribution in [3.63, 3.8) is 0 Å². The van der Waals surface area contributed by atoms with Crippen molar-refractivity contribution in [1.29, 1.82) is 0 Å². The van der Waals surface area contributed by atoms with Gasteiger partial charge in [-0.2, -0.15) is 0 Å². The van der Waals surface area contributed by atoms with E-state index < -0.39 is 0 Å². The Hall–Kier alpha value is -0.610. The first-order valence-electron chi connectivity index (χ1n) is 7.06. The number of carbonyl (C=O) groups excluding carboxylic acids is 1. The molecule has 2 rings (SSSR count). The average Bonchev–Trinajstić information content (AvgIpc) is 2.23. The Morgan fingerprint density at radius 2 is 1.94 bits per heavy atom. The molecule has 0 aromatic rings. The van der Waals surface area contributed by atoms with E-state index in [0.717, 1.165) is 12.8 Å². The van der Waals surface area contributed by atoms with E-state index in [1.807, 2.05) is 0 Å². The Kier molecular flexibility index (Phi) is 3.70. The molecule has 4 heteroatoms. The normalized spacial score (nSPS) is 43.1. The summed E-state index contributed by atoms with van der Waals surface area (Å²) in [7, 11) is 0. The minimum atomic E-state index is -0.220. The van der Waals surface area contributed by atoms with Crippen molar-refractivity contribution in [2.24, 2.45) is 23.0 Å². The Labute approximate surface area is 109 Å². The van der Waals surface area contributed by atoms with Crippen molar-refractivity contribution in [2.75, 3.05) is 0 Å². The number of carbonyl (C=O) groups is 1. The van der Waals surface area contributed by atoms with Gasteiger partial charge in [-0.3, -0.25) is 4.79 Å². The van der Waals surface area contributed by atoms with Crippen LogP contribution in [0.1, 0.15) is 46.5 Å². The average molecular weight is 254 g/mol. The second kappa shape index (κ2) is 4.82. The van der Waals surface area contributed by atoms with Crippen molar-refractivity contribution in [1.82, 2.24) is 5.32 Å². The summed E-state index contributed by atoms with van der Waals surface area (Å²) < 4.78 is 0. The lowest BCUT2D eigenvalue weighted by Crippen LogP contribution is -2.55. The van der Waals surface area contributed by atoms with Gasteiger partial charge in [-0.15, -0.1) is 0 Å². The highest BCUT2D eigenvalue weighted by molar-refractivity contribution is 5.80. The maximum atomic E-state index is 12.3. The first-order chi connectivity index (χ1) is 8.32. The zero-order chi connectivity index (χ0) is 13.5. The standard InChI is InChI=1S/C14H26N2O2/c1-8-12(15)5-4-11(14(8,2)3)13(18)16-9-6-10(17)7-9/h8-12,17H,4-7,15H2,1-3H3,(H,16,18). The van der Waals surface area contributed by atoms with Crippen LogP contribution in [0.2, 0.25) is 0 Å². The van der Waals surface area contributed by atoms with Gasteiger partial charge in [0.25, 0.3) is 0 Å². The SMILES string of the molecule is CC1C(N)CCC(C(=O)NC2CC(O)C2)C1(C)C. The molecule has 2 aliphatic rings. The van der Waals surface area contributed by atoms with Gasteiger partial charge in [0.05, 0.1) is 6.10 Å². The fourth-order valence-electron chi connectivity index (χ4n) is 3.33. The molecule has 0 radical (unpaired) electrons. The summed E-state index contributed by atoms with van der Waals surface area (Å²) in [4.78, 5) is 12.3. The molecule has 3 atom stereocenters. The molecule has 4 N–H and O–H groups in total. The smallest absolute Gasteiger partial charge is 0.223 e. The van der Waals surface area contributed by atoms with E-state index in [2.05, 4.69) is 26.1 Å². The van der Waals surface area contributed by atoms with Crippen LogP contribution in [0.15, 0.2) is 0 Å².